The second-order valence-electron chi connectivity index (χ2n) is 3.76. The number of ketones is 1. The molecule has 19 heavy (non-hydrogen) atoms. The van der Waals surface area contributed by atoms with Crippen molar-refractivity contribution in [1.82, 2.24) is 0 Å². The highest BCUT2D eigenvalue weighted by Gasteiger charge is 2.10. The summed E-state index contributed by atoms with van der Waals surface area (Å²) in [4.78, 5) is 22.7. The van der Waals surface area contributed by atoms with Gasteiger partial charge in [-0.15, -0.1) is 0 Å². The molecule has 0 atom stereocenters. The molecule has 0 aliphatic heterocycles. The van der Waals surface area contributed by atoms with E-state index < -0.39 is 5.97 Å². The van der Waals surface area contributed by atoms with Crippen LogP contribution in [-0.4, -0.2) is 38.2 Å². The lowest BCUT2D eigenvalue weighted by atomic mass is 10.1. The van der Waals surface area contributed by atoms with Crippen molar-refractivity contribution in [1.29, 1.82) is 0 Å². The maximum absolute atomic E-state index is 11.4. The first-order chi connectivity index (χ1) is 9.15. The fraction of sp³-hybridized carbons (Fsp3) is 0.429. The molecule has 0 radical (unpaired) electrons. The van der Waals surface area contributed by atoms with Gasteiger partial charge in [-0.05, 0) is 26.0 Å². The Bertz CT molecular complexity index is 428. The number of hydrogen-bond donors (Lipinski definition) is 0. The van der Waals surface area contributed by atoms with Gasteiger partial charge in [0.2, 0.25) is 0 Å². The first-order valence-electron chi connectivity index (χ1n) is 6.11. The Kier molecular flexibility index (Phi) is 6.60. The molecule has 0 bridgehead atoms. The molecule has 0 amide bonds. The Labute approximate surface area is 112 Å². The maximum atomic E-state index is 11.4. The molecule has 0 heterocycles. The highest BCUT2D eigenvalue weighted by Crippen LogP contribution is 2.18. The number of hydrogen-bond acceptors (Lipinski definition) is 5. The van der Waals surface area contributed by atoms with Gasteiger partial charge in [0.15, 0.2) is 12.4 Å². The molecule has 5 nitrogen and oxygen atoms in total. The van der Waals surface area contributed by atoms with Crippen LogP contribution >= 0.6 is 0 Å². The van der Waals surface area contributed by atoms with Crippen LogP contribution in [0.25, 0.3) is 0 Å². The molecule has 1 aromatic rings. The second-order valence-corrected chi connectivity index (χ2v) is 3.76. The molecule has 0 saturated carbocycles. The molecule has 1 rings (SSSR count). The van der Waals surface area contributed by atoms with Crippen LogP contribution in [0, 0.1) is 0 Å². The minimum Gasteiger partial charge on any atom is -0.481 e. The van der Waals surface area contributed by atoms with E-state index in [1.54, 1.807) is 24.3 Å². The average molecular weight is 266 g/mol. The number of rotatable bonds is 8. The van der Waals surface area contributed by atoms with Crippen LogP contribution in [0.4, 0.5) is 0 Å². The first-order valence-corrected chi connectivity index (χ1v) is 6.11. The number of carbonyl (C=O) groups is 2. The van der Waals surface area contributed by atoms with Gasteiger partial charge in [-0.3, -0.25) is 4.79 Å². The van der Waals surface area contributed by atoms with Crippen LogP contribution in [0.2, 0.25) is 0 Å². The molecule has 1 aromatic carbocycles. The van der Waals surface area contributed by atoms with Gasteiger partial charge in [0, 0.05) is 6.61 Å². The summed E-state index contributed by atoms with van der Waals surface area (Å²) < 4.78 is 15.2. The molecule has 0 spiro atoms. The monoisotopic (exact) mass is 266 g/mol. The van der Waals surface area contributed by atoms with Gasteiger partial charge in [-0.25, -0.2) is 4.79 Å². The lowest BCUT2D eigenvalue weighted by Crippen LogP contribution is -2.18. The molecule has 0 saturated heterocycles. The molecule has 0 aliphatic rings. The van der Waals surface area contributed by atoms with Gasteiger partial charge in [0.1, 0.15) is 12.4 Å². The lowest BCUT2D eigenvalue weighted by Gasteiger charge is -2.09. The Morgan fingerprint density at radius 1 is 1.16 bits per heavy atom. The summed E-state index contributed by atoms with van der Waals surface area (Å²) in [6.07, 6.45) is 0. The van der Waals surface area contributed by atoms with E-state index in [1.165, 1.54) is 6.92 Å². The predicted molar refractivity (Wildman–Crippen MR) is 69.4 cm³/mol. The topological polar surface area (TPSA) is 61.8 Å². The number of benzene rings is 1. The van der Waals surface area contributed by atoms with Crippen LogP contribution in [0.5, 0.6) is 5.75 Å². The fourth-order valence-corrected chi connectivity index (χ4v) is 1.42. The SMILES string of the molecule is CCOCCOC(=O)COc1ccccc1C(C)=O. The van der Waals surface area contributed by atoms with E-state index in [9.17, 15) is 9.59 Å². The summed E-state index contributed by atoms with van der Waals surface area (Å²) in [6.45, 7) is 4.24. The number of Topliss-reactive ketones (excluding diaryl/α,β-unsaturated/α-hetero) is 1. The minimum atomic E-state index is -0.488. The standard InChI is InChI=1S/C14H18O5/c1-3-17-8-9-18-14(16)10-19-13-7-5-4-6-12(13)11(2)15/h4-7H,3,8-10H2,1-2H3. The molecular weight excluding hydrogens is 248 g/mol. The number of carbonyl (C=O) groups excluding carboxylic acids is 2. The van der Waals surface area contributed by atoms with E-state index in [0.29, 0.717) is 24.5 Å². The Morgan fingerprint density at radius 2 is 1.89 bits per heavy atom. The van der Waals surface area contributed by atoms with Crippen LogP contribution in [0.3, 0.4) is 0 Å². The first kappa shape index (κ1) is 15.2. The zero-order valence-corrected chi connectivity index (χ0v) is 11.2. The van der Waals surface area contributed by atoms with E-state index in [2.05, 4.69) is 0 Å². The summed E-state index contributed by atoms with van der Waals surface area (Å²) in [6, 6.07) is 6.77. The van der Waals surface area contributed by atoms with Gasteiger partial charge in [-0.2, -0.15) is 0 Å². The molecule has 5 heteroatoms. The van der Waals surface area contributed by atoms with Crippen molar-refractivity contribution in [3.8, 4) is 5.75 Å². The molecular formula is C14H18O5. The van der Waals surface area contributed by atoms with E-state index in [0.717, 1.165) is 0 Å². The smallest absolute Gasteiger partial charge is 0.344 e. The van der Waals surface area contributed by atoms with E-state index in [-0.39, 0.29) is 19.0 Å². The third-order valence-corrected chi connectivity index (χ3v) is 2.31. The molecule has 104 valence electrons. The van der Waals surface area contributed by atoms with Crippen molar-refractivity contribution >= 4 is 11.8 Å². The Balaban J connectivity index is 2.40. The highest BCUT2D eigenvalue weighted by molar-refractivity contribution is 5.96. The Morgan fingerprint density at radius 3 is 2.58 bits per heavy atom. The number of ether oxygens (including phenoxy) is 3. The van der Waals surface area contributed by atoms with Crippen molar-refractivity contribution < 1.29 is 23.8 Å². The van der Waals surface area contributed by atoms with Crippen molar-refractivity contribution in [2.75, 3.05) is 26.4 Å². The van der Waals surface area contributed by atoms with E-state index in [4.69, 9.17) is 14.2 Å². The molecule has 0 N–H and O–H groups in total. The van der Waals surface area contributed by atoms with Crippen LogP contribution in [-0.2, 0) is 14.3 Å². The van der Waals surface area contributed by atoms with Gasteiger partial charge >= 0.3 is 5.97 Å². The zero-order chi connectivity index (χ0) is 14.1. The van der Waals surface area contributed by atoms with Crippen molar-refractivity contribution in [3.05, 3.63) is 29.8 Å². The summed E-state index contributed by atoms with van der Waals surface area (Å²) in [5.41, 5.74) is 0.449. The third kappa shape index (κ3) is 5.52. The van der Waals surface area contributed by atoms with Crippen LogP contribution in [0.1, 0.15) is 24.2 Å². The van der Waals surface area contributed by atoms with Crippen molar-refractivity contribution in [2.45, 2.75) is 13.8 Å². The predicted octanol–water partition coefficient (Wildman–Crippen LogP) is 1.85. The van der Waals surface area contributed by atoms with Crippen LogP contribution in [0.15, 0.2) is 24.3 Å². The number of para-hydroxylation sites is 1. The third-order valence-electron chi connectivity index (χ3n) is 2.31. The molecule has 0 aliphatic carbocycles. The normalized spacial score (nSPS) is 10.0. The second kappa shape index (κ2) is 8.26. The zero-order valence-electron chi connectivity index (χ0n) is 11.2. The number of esters is 1. The summed E-state index contributed by atoms with van der Waals surface area (Å²) in [5, 5.41) is 0. The summed E-state index contributed by atoms with van der Waals surface area (Å²) >= 11 is 0. The van der Waals surface area contributed by atoms with Gasteiger partial charge in [0.25, 0.3) is 0 Å². The van der Waals surface area contributed by atoms with Crippen molar-refractivity contribution in [2.24, 2.45) is 0 Å². The molecule has 0 aromatic heterocycles. The largest absolute Gasteiger partial charge is 0.481 e. The molecule has 0 unspecified atom stereocenters. The van der Waals surface area contributed by atoms with Gasteiger partial charge in [0.05, 0.1) is 12.2 Å². The van der Waals surface area contributed by atoms with Gasteiger partial charge < -0.3 is 14.2 Å². The van der Waals surface area contributed by atoms with Crippen LogP contribution < -0.4 is 4.74 Å². The summed E-state index contributed by atoms with van der Waals surface area (Å²) in [7, 11) is 0. The van der Waals surface area contributed by atoms with E-state index in [1.807, 2.05) is 6.92 Å². The molecule has 0 fully saturated rings. The fourth-order valence-electron chi connectivity index (χ4n) is 1.42. The van der Waals surface area contributed by atoms with Gasteiger partial charge in [-0.1, -0.05) is 12.1 Å². The van der Waals surface area contributed by atoms with E-state index >= 15 is 0 Å². The quantitative estimate of drug-likeness (QED) is 0.408. The lowest BCUT2D eigenvalue weighted by molar-refractivity contribution is -0.147. The average Bonchev–Trinajstić information content (AvgIpc) is 2.41. The Hall–Kier alpha value is -1.88. The minimum absolute atomic E-state index is 0.111. The van der Waals surface area contributed by atoms with Crippen molar-refractivity contribution in [3.63, 3.8) is 0 Å². The summed E-state index contributed by atoms with van der Waals surface area (Å²) in [5.74, 6) is -0.213. The maximum Gasteiger partial charge on any atom is 0.344 e. The highest BCUT2D eigenvalue weighted by atomic mass is 16.6.